The van der Waals surface area contributed by atoms with Crippen LogP contribution in [0.5, 0.6) is 0 Å². The molecule has 29 heavy (non-hydrogen) atoms. The molecule has 158 valence electrons. The number of aliphatic imine (C=N–C) groups is 1. The number of likely N-dealkylation sites (tertiary alicyclic amines) is 1. The molecule has 1 unspecified atom stereocenters. The molecular formula is C23H34N4O2. The quantitative estimate of drug-likeness (QED) is 0.519. The molecule has 1 aromatic carbocycles. The monoisotopic (exact) mass is 398 g/mol. The Balaban J connectivity index is 1.54. The summed E-state index contributed by atoms with van der Waals surface area (Å²) in [6.45, 7) is 8.16. The molecule has 1 aromatic heterocycles. The molecule has 0 radical (unpaired) electrons. The predicted molar refractivity (Wildman–Crippen MR) is 117 cm³/mol. The zero-order chi connectivity index (χ0) is 20.5. The number of benzene rings is 1. The van der Waals surface area contributed by atoms with Gasteiger partial charge in [-0.3, -0.25) is 9.89 Å². The van der Waals surface area contributed by atoms with E-state index in [1.807, 2.05) is 19.2 Å². The molecule has 3 rings (SSSR count). The second kappa shape index (κ2) is 11.0. The molecule has 0 saturated carbocycles. The van der Waals surface area contributed by atoms with Crippen molar-refractivity contribution in [3.63, 3.8) is 0 Å². The van der Waals surface area contributed by atoms with Crippen LogP contribution >= 0.6 is 0 Å². The molecule has 6 nitrogen and oxygen atoms in total. The molecule has 0 amide bonds. The minimum absolute atomic E-state index is 0.594. The van der Waals surface area contributed by atoms with Crippen molar-refractivity contribution in [3.8, 4) is 0 Å². The van der Waals surface area contributed by atoms with Crippen LogP contribution in [-0.4, -0.2) is 56.2 Å². The van der Waals surface area contributed by atoms with Crippen molar-refractivity contribution < 1.29 is 9.15 Å². The minimum atomic E-state index is 0.594. The number of nitrogens with zero attached hydrogens (tertiary/aromatic N) is 3. The lowest BCUT2D eigenvalue weighted by molar-refractivity contribution is 0.114. The summed E-state index contributed by atoms with van der Waals surface area (Å²) in [7, 11) is 3.98. The van der Waals surface area contributed by atoms with Crippen LogP contribution in [0, 0.1) is 5.92 Å². The number of rotatable bonds is 9. The van der Waals surface area contributed by atoms with Crippen LogP contribution in [0.15, 0.2) is 52.1 Å². The van der Waals surface area contributed by atoms with E-state index in [9.17, 15) is 0 Å². The van der Waals surface area contributed by atoms with Gasteiger partial charge in [0, 0.05) is 45.8 Å². The summed E-state index contributed by atoms with van der Waals surface area (Å²) in [6, 6.07) is 12.5. The number of hydrogen-bond acceptors (Lipinski definition) is 4. The Labute approximate surface area is 174 Å². The van der Waals surface area contributed by atoms with E-state index < -0.39 is 0 Å². The molecule has 1 atom stereocenters. The first-order valence-corrected chi connectivity index (χ1v) is 10.5. The van der Waals surface area contributed by atoms with Crippen molar-refractivity contribution in [3.05, 3.63) is 59.5 Å². The normalized spacial score (nSPS) is 17.3. The van der Waals surface area contributed by atoms with Gasteiger partial charge in [-0.1, -0.05) is 24.3 Å². The summed E-state index contributed by atoms with van der Waals surface area (Å²) < 4.78 is 11.1. The fourth-order valence-electron chi connectivity index (χ4n) is 3.85. The number of furan rings is 1. The fraction of sp³-hybridized carbons (Fsp3) is 0.522. The van der Waals surface area contributed by atoms with Crippen LogP contribution in [0.2, 0.25) is 0 Å². The van der Waals surface area contributed by atoms with Crippen molar-refractivity contribution in [2.75, 3.05) is 40.4 Å². The Bertz CT molecular complexity index is 760. The second-order valence-corrected chi connectivity index (χ2v) is 7.68. The smallest absolute Gasteiger partial charge is 0.193 e. The van der Waals surface area contributed by atoms with Gasteiger partial charge >= 0.3 is 0 Å². The van der Waals surface area contributed by atoms with Crippen molar-refractivity contribution in [2.24, 2.45) is 10.9 Å². The van der Waals surface area contributed by atoms with Crippen molar-refractivity contribution in [1.82, 2.24) is 15.1 Å². The highest BCUT2D eigenvalue weighted by Gasteiger charge is 2.24. The molecule has 2 aromatic rings. The molecule has 1 N–H and O–H groups in total. The third kappa shape index (κ3) is 6.34. The summed E-state index contributed by atoms with van der Waals surface area (Å²) in [5.74, 6) is 2.55. The standard InChI is InChI=1S/C23H34N4O2/c1-4-28-18-19-11-12-27(15-19)23(24-2)25-14-20-8-5-6-9-21(20)16-26(3)17-22-10-7-13-29-22/h5-10,13,19H,4,11-12,14-18H2,1-3H3,(H,24,25). The number of guanidine groups is 1. The van der Waals surface area contributed by atoms with Crippen LogP contribution in [0.4, 0.5) is 0 Å². The lowest BCUT2D eigenvalue weighted by atomic mass is 10.1. The van der Waals surface area contributed by atoms with Crippen molar-refractivity contribution in [2.45, 2.75) is 33.0 Å². The highest BCUT2D eigenvalue weighted by molar-refractivity contribution is 5.80. The average Bonchev–Trinajstić information content (AvgIpc) is 3.40. The summed E-state index contributed by atoms with van der Waals surface area (Å²) in [4.78, 5) is 9.12. The first-order valence-electron chi connectivity index (χ1n) is 10.5. The molecule has 0 bridgehead atoms. The number of ether oxygens (including phenoxy) is 1. The van der Waals surface area contributed by atoms with Gasteiger partial charge in [-0.2, -0.15) is 0 Å². The Morgan fingerprint density at radius 3 is 2.79 bits per heavy atom. The second-order valence-electron chi connectivity index (χ2n) is 7.68. The topological polar surface area (TPSA) is 53.2 Å². The fourth-order valence-corrected chi connectivity index (χ4v) is 3.85. The van der Waals surface area contributed by atoms with E-state index in [0.717, 1.165) is 64.1 Å². The van der Waals surface area contributed by atoms with Gasteiger partial charge in [0.15, 0.2) is 5.96 Å². The third-order valence-electron chi connectivity index (χ3n) is 5.36. The Morgan fingerprint density at radius 1 is 1.24 bits per heavy atom. The maximum absolute atomic E-state index is 5.60. The van der Waals surface area contributed by atoms with E-state index in [1.165, 1.54) is 11.1 Å². The first kappa shape index (κ1) is 21.4. The van der Waals surface area contributed by atoms with E-state index in [2.05, 4.69) is 58.3 Å². The van der Waals surface area contributed by atoms with E-state index >= 15 is 0 Å². The predicted octanol–water partition coefficient (Wildman–Crippen LogP) is 3.35. The number of nitrogens with one attached hydrogen (secondary N) is 1. The molecule has 1 aliphatic heterocycles. The van der Waals surface area contributed by atoms with E-state index in [0.29, 0.717) is 5.92 Å². The Morgan fingerprint density at radius 2 is 2.07 bits per heavy atom. The van der Waals surface area contributed by atoms with Crippen LogP contribution in [0.1, 0.15) is 30.2 Å². The first-order chi connectivity index (χ1) is 14.2. The minimum Gasteiger partial charge on any atom is -0.468 e. The van der Waals surface area contributed by atoms with Crippen LogP contribution in [0.25, 0.3) is 0 Å². The molecule has 1 aliphatic rings. The average molecular weight is 399 g/mol. The lowest BCUT2D eigenvalue weighted by Gasteiger charge is -2.23. The lowest BCUT2D eigenvalue weighted by Crippen LogP contribution is -2.40. The van der Waals surface area contributed by atoms with Crippen molar-refractivity contribution >= 4 is 5.96 Å². The molecule has 1 saturated heterocycles. The maximum Gasteiger partial charge on any atom is 0.193 e. The summed E-state index contributed by atoms with van der Waals surface area (Å²) in [6.07, 6.45) is 2.89. The van der Waals surface area contributed by atoms with Gasteiger partial charge in [-0.15, -0.1) is 0 Å². The molecule has 6 heteroatoms. The zero-order valence-electron chi connectivity index (χ0n) is 17.9. The highest BCUT2D eigenvalue weighted by atomic mass is 16.5. The van der Waals surface area contributed by atoms with Crippen molar-refractivity contribution in [1.29, 1.82) is 0 Å². The van der Waals surface area contributed by atoms with Gasteiger partial charge < -0.3 is 19.4 Å². The van der Waals surface area contributed by atoms with Gasteiger partial charge in [0.25, 0.3) is 0 Å². The zero-order valence-corrected chi connectivity index (χ0v) is 17.9. The van der Waals surface area contributed by atoms with E-state index in [-0.39, 0.29) is 0 Å². The van der Waals surface area contributed by atoms with Gasteiger partial charge in [0.1, 0.15) is 5.76 Å². The molecular weight excluding hydrogens is 364 g/mol. The maximum atomic E-state index is 5.60. The SMILES string of the molecule is CCOCC1CCN(C(=NC)NCc2ccccc2CN(C)Cc2ccco2)C1. The third-order valence-corrected chi connectivity index (χ3v) is 5.36. The molecule has 2 heterocycles. The Hall–Kier alpha value is -2.31. The van der Waals surface area contributed by atoms with Gasteiger partial charge in [0.2, 0.25) is 0 Å². The van der Waals surface area contributed by atoms with Crippen LogP contribution < -0.4 is 5.32 Å². The largest absolute Gasteiger partial charge is 0.468 e. The van der Waals surface area contributed by atoms with Gasteiger partial charge in [0.05, 0.1) is 19.4 Å². The van der Waals surface area contributed by atoms with Crippen LogP contribution in [-0.2, 0) is 24.4 Å². The van der Waals surface area contributed by atoms with Gasteiger partial charge in [-0.25, -0.2) is 0 Å². The molecule has 0 aliphatic carbocycles. The number of hydrogen-bond donors (Lipinski definition) is 1. The Kier molecular flexibility index (Phi) is 8.14. The highest BCUT2D eigenvalue weighted by Crippen LogP contribution is 2.17. The van der Waals surface area contributed by atoms with Crippen LogP contribution in [0.3, 0.4) is 0 Å². The molecule has 1 fully saturated rings. The summed E-state index contributed by atoms with van der Waals surface area (Å²) >= 11 is 0. The van der Waals surface area contributed by atoms with E-state index in [1.54, 1.807) is 6.26 Å². The summed E-state index contributed by atoms with van der Waals surface area (Å²) in [5.41, 5.74) is 2.62. The van der Waals surface area contributed by atoms with E-state index in [4.69, 9.17) is 9.15 Å². The summed E-state index contributed by atoms with van der Waals surface area (Å²) in [5, 5.41) is 3.56. The van der Waals surface area contributed by atoms with Gasteiger partial charge in [-0.05, 0) is 43.7 Å². The molecule has 0 spiro atoms.